The Hall–Kier alpha value is -1.37. The first-order chi connectivity index (χ1) is 7.73. The van der Waals surface area contributed by atoms with Gasteiger partial charge in [0.1, 0.15) is 0 Å². The van der Waals surface area contributed by atoms with E-state index in [4.69, 9.17) is 0 Å². The summed E-state index contributed by atoms with van der Waals surface area (Å²) in [4.78, 5) is 11.7. The number of rotatable bonds is 1. The molecule has 1 fully saturated rings. The minimum Gasteiger partial charge on any atom is -0.295 e. The summed E-state index contributed by atoms with van der Waals surface area (Å²) in [5.41, 5.74) is 3.70. The van der Waals surface area contributed by atoms with Gasteiger partial charge in [-0.15, -0.1) is 0 Å². The van der Waals surface area contributed by atoms with Crippen molar-refractivity contribution in [2.45, 2.75) is 38.0 Å². The number of carbonyl (C=O) groups is 1. The summed E-state index contributed by atoms with van der Waals surface area (Å²) in [5, 5.41) is 0. The van der Waals surface area contributed by atoms with Crippen LogP contribution in [0.25, 0.3) is 5.57 Å². The number of fused-ring (bicyclic) bond motifs is 2. The van der Waals surface area contributed by atoms with Crippen LogP contribution in [-0.2, 0) is 10.2 Å². The number of benzene rings is 1. The molecule has 1 saturated carbocycles. The molecule has 82 valence electrons. The van der Waals surface area contributed by atoms with Crippen LogP contribution in [0.2, 0.25) is 0 Å². The minimum atomic E-state index is 0.192. The Bertz CT molecular complexity index is 476. The lowest BCUT2D eigenvalue weighted by Gasteiger charge is -2.22. The number of hydrogen-bond acceptors (Lipinski definition) is 1. The van der Waals surface area contributed by atoms with Crippen molar-refractivity contribution in [1.29, 1.82) is 0 Å². The topological polar surface area (TPSA) is 17.1 Å². The standard InChI is InChI=1S/C15H16O/c1-11(16)13-10-15(8-4-5-9-15)14-7-3-2-6-12(13)14/h2-3,6-7,10H,4-5,8-9H2,1H3. The molecule has 0 radical (unpaired) electrons. The summed E-state index contributed by atoms with van der Waals surface area (Å²) in [6.45, 7) is 1.68. The summed E-state index contributed by atoms with van der Waals surface area (Å²) in [6.07, 6.45) is 7.24. The molecule has 16 heavy (non-hydrogen) atoms. The second kappa shape index (κ2) is 3.31. The molecule has 2 aliphatic rings. The van der Waals surface area contributed by atoms with E-state index in [1.165, 1.54) is 36.8 Å². The SMILES string of the molecule is CC(=O)C1=CC2(CCCC2)c2ccccc21. The predicted octanol–water partition coefficient (Wildman–Crippen LogP) is 3.48. The second-order valence-corrected chi connectivity index (χ2v) is 5.02. The molecule has 1 aromatic carbocycles. The molecule has 1 spiro atoms. The van der Waals surface area contributed by atoms with Crippen molar-refractivity contribution in [2.75, 3.05) is 0 Å². The Kier molecular flexibility index (Phi) is 2.03. The second-order valence-electron chi connectivity index (χ2n) is 5.02. The van der Waals surface area contributed by atoms with E-state index in [9.17, 15) is 4.79 Å². The molecule has 0 atom stereocenters. The van der Waals surface area contributed by atoms with Gasteiger partial charge < -0.3 is 0 Å². The van der Waals surface area contributed by atoms with Crippen LogP contribution in [-0.4, -0.2) is 5.78 Å². The summed E-state index contributed by atoms with van der Waals surface area (Å²) in [6, 6.07) is 8.42. The van der Waals surface area contributed by atoms with Crippen LogP contribution in [0.3, 0.4) is 0 Å². The molecule has 0 unspecified atom stereocenters. The molecule has 0 aliphatic heterocycles. The maximum Gasteiger partial charge on any atom is 0.160 e. The van der Waals surface area contributed by atoms with Gasteiger partial charge in [0.25, 0.3) is 0 Å². The third-order valence-electron chi connectivity index (χ3n) is 4.05. The van der Waals surface area contributed by atoms with Crippen LogP contribution in [0, 0.1) is 0 Å². The highest BCUT2D eigenvalue weighted by atomic mass is 16.1. The first-order valence-corrected chi connectivity index (χ1v) is 6.07. The van der Waals surface area contributed by atoms with E-state index >= 15 is 0 Å². The molecule has 0 N–H and O–H groups in total. The Morgan fingerprint density at radius 2 is 1.88 bits per heavy atom. The van der Waals surface area contributed by atoms with Crippen LogP contribution in [0.1, 0.15) is 43.7 Å². The van der Waals surface area contributed by atoms with Crippen molar-refractivity contribution >= 4 is 11.4 Å². The lowest BCUT2D eigenvalue weighted by atomic mass is 9.81. The molecule has 0 heterocycles. The normalized spacial score (nSPS) is 20.9. The van der Waals surface area contributed by atoms with Crippen molar-refractivity contribution in [2.24, 2.45) is 0 Å². The summed E-state index contributed by atoms with van der Waals surface area (Å²) >= 11 is 0. The largest absolute Gasteiger partial charge is 0.295 e. The van der Waals surface area contributed by atoms with Gasteiger partial charge in [-0.1, -0.05) is 43.2 Å². The lowest BCUT2D eigenvalue weighted by molar-refractivity contribution is -0.111. The van der Waals surface area contributed by atoms with Crippen LogP contribution < -0.4 is 0 Å². The average Bonchev–Trinajstić information content (AvgIpc) is 2.87. The van der Waals surface area contributed by atoms with E-state index in [2.05, 4.69) is 24.3 Å². The number of hydrogen-bond donors (Lipinski definition) is 0. The quantitative estimate of drug-likeness (QED) is 0.696. The number of ketones is 1. The summed E-state index contributed by atoms with van der Waals surface area (Å²) in [7, 11) is 0. The van der Waals surface area contributed by atoms with Crippen molar-refractivity contribution in [1.82, 2.24) is 0 Å². The van der Waals surface area contributed by atoms with Crippen molar-refractivity contribution < 1.29 is 4.79 Å². The van der Waals surface area contributed by atoms with E-state index < -0.39 is 0 Å². The van der Waals surface area contributed by atoms with Gasteiger partial charge in [-0.05, 0) is 30.9 Å². The number of carbonyl (C=O) groups excluding carboxylic acids is 1. The fraction of sp³-hybridized carbons (Fsp3) is 0.400. The van der Waals surface area contributed by atoms with Crippen LogP contribution >= 0.6 is 0 Å². The van der Waals surface area contributed by atoms with E-state index in [0.717, 1.165) is 5.57 Å². The molecule has 0 saturated heterocycles. The van der Waals surface area contributed by atoms with Gasteiger partial charge in [0.2, 0.25) is 0 Å². The first-order valence-electron chi connectivity index (χ1n) is 6.07. The zero-order chi connectivity index (χ0) is 11.2. The molecular formula is C15H16O. The highest BCUT2D eigenvalue weighted by Crippen LogP contribution is 2.50. The highest BCUT2D eigenvalue weighted by molar-refractivity contribution is 6.21. The van der Waals surface area contributed by atoms with E-state index in [0.29, 0.717) is 0 Å². The lowest BCUT2D eigenvalue weighted by Crippen LogP contribution is -2.16. The van der Waals surface area contributed by atoms with Gasteiger partial charge in [-0.2, -0.15) is 0 Å². The van der Waals surface area contributed by atoms with Crippen molar-refractivity contribution in [3.05, 3.63) is 41.5 Å². The minimum absolute atomic E-state index is 0.192. The summed E-state index contributed by atoms with van der Waals surface area (Å²) in [5.74, 6) is 0.205. The zero-order valence-electron chi connectivity index (χ0n) is 9.62. The maximum atomic E-state index is 11.7. The molecule has 3 rings (SSSR count). The fourth-order valence-corrected chi connectivity index (χ4v) is 3.29. The van der Waals surface area contributed by atoms with Crippen molar-refractivity contribution in [3.8, 4) is 0 Å². The molecule has 1 nitrogen and oxygen atoms in total. The van der Waals surface area contributed by atoms with Gasteiger partial charge in [0, 0.05) is 11.0 Å². The number of allylic oxidation sites excluding steroid dienone is 2. The van der Waals surface area contributed by atoms with Crippen LogP contribution in [0.5, 0.6) is 0 Å². The monoisotopic (exact) mass is 212 g/mol. The Balaban J connectivity index is 2.21. The predicted molar refractivity (Wildman–Crippen MR) is 65.2 cm³/mol. The molecule has 0 amide bonds. The molecular weight excluding hydrogens is 196 g/mol. The zero-order valence-corrected chi connectivity index (χ0v) is 9.62. The van der Waals surface area contributed by atoms with E-state index in [1.807, 2.05) is 6.07 Å². The Labute approximate surface area is 96.2 Å². The third kappa shape index (κ3) is 1.21. The first kappa shape index (κ1) is 9.83. The third-order valence-corrected chi connectivity index (χ3v) is 4.05. The van der Waals surface area contributed by atoms with Crippen LogP contribution in [0.4, 0.5) is 0 Å². The smallest absolute Gasteiger partial charge is 0.160 e. The Morgan fingerprint density at radius 1 is 1.19 bits per heavy atom. The fourth-order valence-electron chi connectivity index (χ4n) is 3.29. The van der Waals surface area contributed by atoms with Gasteiger partial charge in [-0.3, -0.25) is 4.79 Å². The van der Waals surface area contributed by atoms with Crippen molar-refractivity contribution in [3.63, 3.8) is 0 Å². The van der Waals surface area contributed by atoms with E-state index in [-0.39, 0.29) is 11.2 Å². The molecule has 1 aromatic rings. The molecule has 2 aliphatic carbocycles. The number of Topliss-reactive ketones (excluding diaryl/α,β-unsaturated/α-hetero) is 1. The Morgan fingerprint density at radius 3 is 2.56 bits per heavy atom. The average molecular weight is 212 g/mol. The van der Waals surface area contributed by atoms with Gasteiger partial charge >= 0.3 is 0 Å². The van der Waals surface area contributed by atoms with Gasteiger partial charge in [-0.25, -0.2) is 0 Å². The van der Waals surface area contributed by atoms with Gasteiger partial charge in [0.15, 0.2) is 5.78 Å². The highest BCUT2D eigenvalue weighted by Gasteiger charge is 2.40. The van der Waals surface area contributed by atoms with Gasteiger partial charge in [0.05, 0.1) is 0 Å². The van der Waals surface area contributed by atoms with E-state index in [1.54, 1.807) is 6.92 Å². The maximum absolute atomic E-state index is 11.7. The summed E-state index contributed by atoms with van der Waals surface area (Å²) < 4.78 is 0. The van der Waals surface area contributed by atoms with Crippen LogP contribution in [0.15, 0.2) is 30.3 Å². The molecule has 1 heteroatoms. The molecule has 0 bridgehead atoms. The molecule has 0 aromatic heterocycles.